The van der Waals surface area contributed by atoms with Crippen molar-refractivity contribution < 1.29 is 14.3 Å². The van der Waals surface area contributed by atoms with E-state index in [9.17, 15) is 9.59 Å². The van der Waals surface area contributed by atoms with Gasteiger partial charge in [-0.2, -0.15) is 0 Å². The van der Waals surface area contributed by atoms with E-state index < -0.39 is 5.91 Å². The number of carbonyl (C=O) groups is 2. The van der Waals surface area contributed by atoms with Gasteiger partial charge in [0.05, 0.1) is 17.8 Å². The van der Waals surface area contributed by atoms with Crippen molar-refractivity contribution in [2.75, 3.05) is 37.6 Å². The number of likely N-dealkylation sites (tertiary alicyclic amines) is 1. The van der Waals surface area contributed by atoms with E-state index in [-0.39, 0.29) is 28.9 Å². The molecule has 3 aromatic rings. The number of carbonyl (C=O) groups excluding carboxylic acids is 2. The van der Waals surface area contributed by atoms with Crippen molar-refractivity contribution in [1.29, 1.82) is 0 Å². The van der Waals surface area contributed by atoms with Crippen LogP contribution >= 0.6 is 22.6 Å². The zero-order valence-electron chi connectivity index (χ0n) is 23.1. The largest absolute Gasteiger partial charge is 0.489 e. The summed E-state index contributed by atoms with van der Waals surface area (Å²) in [7, 11) is 0. The summed E-state index contributed by atoms with van der Waals surface area (Å²) < 4.78 is 6.35. The molecule has 3 heterocycles. The van der Waals surface area contributed by atoms with Crippen LogP contribution in [0.3, 0.4) is 0 Å². The molecule has 0 atom stereocenters. The first-order valence-corrected chi connectivity index (χ1v) is 15.3. The van der Waals surface area contributed by atoms with Crippen molar-refractivity contribution >= 4 is 52.1 Å². The Morgan fingerprint density at radius 3 is 2.45 bits per heavy atom. The van der Waals surface area contributed by atoms with Gasteiger partial charge >= 0.3 is 6.03 Å². The molecule has 7 N–H and O–H groups in total. The zero-order chi connectivity index (χ0) is 29.5. The number of hydrogen-bond acceptors (Lipinski definition) is 9. The molecular weight excluding hydrogens is 649 g/mol. The van der Waals surface area contributed by atoms with E-state index in [1.54, 1.807) is 0 Å². The Morgan fingerprint density at radius 2 is 1.74 bits per heavy atom. The number of benzene rings is 2. The lowest BCUT2D eigenvalue weighted by Gasteiger charge is -2.39. The molecule has 13 heteroatoms. The summed E-state index contributed by atoms with van der Waals surface area (Å²) in [4.78, 5) is 40.2. The number of rotatable bonds is 8. The van der Waals surface area contributed by atoms with Crippen molar-refractivity contribution in [3.8, 4) is 5.75 Å². The highest BCUT2D eigenvalue weighted by atomic mass is 127. The molecule has 42 heavy (non-hydrogen) atoms. The number of nitrogens with zero attached hydrogens (tertiary/aromatic N) is 4. The minimum Gasteiger partial charge on any atom is -0.489 e. The van der Waals surface area contributed by atoms with Crippen molar-refractivity contribution in [2.24, 2.45) is 4.99 Å². The molecule has 2 aliphatic rings. The highest BCUT2D eigenvalue weighted by molar-refractivity contribution is 14.1. The van der Waals surface area contributed by atoms with E-state index in [2.05, 4.69) is 53.5 Å². The maximum atomic E-state index is 12.8. The second-order valence-corrected chi connectivity index (χ2v) is 11.1. The standard InChI is InChI=1S/C29H34IN9O3/c30-16-22-24(31)36-25(32)23(35-22)26(40)37-27-34-18-29(38-27)11-14-39(15-12-29)28(41)33-13-10-19-6-8-21(9-7-19)42-17-20-4-2-1-3-5-20/h1-9H,10-18H2,(H,33,41)(H4,31,32,36)(H2,34,37,38,40). The second-order valence-electron chi connectivity index (χ2n) is 10.3. The van der Waals surface area contributed by atoms with Crippen LogP contribution in [0.15, 0.2) is 59.6 Å². The predicted octanol–water partition coefficient (Wildman–Crippen LogP) is 2.63. The van der Waals surface area contributed by atoms with Crippen molar-refractivity contribution in [1.82, 2.24) is 30.8 Å². The van der Waals surface area contributed by atoms with Crippen LogP contribution in [0.4, 0.5) is 16.4 Å². The van der Waals surface area contributed by atoms with Gasteiger partial charge in [-0.1, -0.05) is 65.1 Å². The molecule has 0 bridgehead atoms. The molecule has 5 rings (SSSR count). The average molecular weight is 684 g/mol. The van der Waals surface area contributed by atoms with Crippen LogP contribution in [0.25, 0.3) is 0 Å². The molecule has 12 nitrogen and oxygen atoms in total. The lowest BCUT2D eigenvalue weighted by Crippen LogP contribution is -2.58. The van der Waals surface area contributed by atoms with E-state index in [1.165, 1.54) is 0 Å². The third-order valence-corrected chi connectivity index (χ3v) is 8.11. The summed E-state index contributed by atoms with van der Waals surface area (Å²) >= 11 is 2.10. The summed E-state index contributed by atoms with van der Waals surface area (Å²) in [5.41, 5.74) is 14.1. The molecule has 1 saturated heterocycles. The first-order valence-electron chi connectivity index (χ1n) is 13.7. The molecule has 220 valence electrons. The summed E-state index contributed by atoms with van der Waals surface area (Å²) in [6.45, 7) is 2.74. The van der Waals surface area contributed by atoms with Crippen LogP contribution in [0, 0.1) is 0 Å². The van der Waals surface area contributed by atoms with Crippen LogP contribution in [0.2, 0.25) is 0 Å². The number of amides is 3. The van der Waals surface area contributed by atoms with E-state index >= 15 is 0 Å². The van der Waals surface area contributed by atoms with Gasteiger partial charge in [-0.3, -0.25) is 15.1 Å². The van der Waals surface area contributed by atoms with Gasteiger partial charge in [0.15, 0.2) is 17.5 Å². The highest BCUT2D eigenvalue weighted by Gasteiger charge is 2.40. The quantitative estimate of drug-likeness (QED) is 0.178. The fraction of sp³-hybridized carbons (Fsp3) is 0.345. The minimum atomic E-state index is -0.499. The van der Waals surface area contributed by atoms with E-state index in [1.807, 2.05) is 59.5 Å². The second kappa shape index (κ2) is 13.2. The van der Waals surface area contributed by atoms with Crippen molar-refractivity contribution in [3.05, 3.63) is 77.1 Å². The normalized spacial score (nSPS) is 15.5. The van der Waals surface area contributed by atoms with Crippen molar-refractivity contribution in [2.45, 2.75) is 35.8 Å². The van der Waals surface area contributed by atoms with Gasteiger partial charge in [-0.05, 0) is 42.5 Å². The third kappa shape index (κ3) is 7.19. The van der Waals surface area contributed by atoms with Crippen LogP contribution < -0.4 is 32.2 Å². The van der Waals surface area contributed by atoms with Crippen molar-refractivity contribution in [3.63, 3.8) is 0 Å². The molecule has 1 fully saturated rings. The number of aromatic nitrogens is 2. The molecule has 0 aliphatic carbocycles. The van der Waals surface area contributed by atoms with Gasteiger partial charge < -0.3 is 31.7 Å². The third-order valence-electron chi connectivity index (χ3n) is 7.39. The van der Waals surface area contributed by atoms with Gasteiger partial charge in [0.25, 0.3) is 5.91 Å². The van der Waals surface area contributed by atoms with Crippen LogP contribution in [0.5, 0.6) is 5.75 Å². The highest BCUT2D eigenvalue weighted by Crippen LogP contribution is 2.26. The van der Waals surface area contributed by atoms with E-state index in [0.717, 1.165) is 23.3 Å². The zero-order valence-corrected chi connectivity index (χ0v) is 25.3. The maximum Gasteiger partial charge on any atom is 0.317 e. The number of urea groups is 1. The van der Waals surface area contributed by atoms with Crippen LogP contribution in [-0.2, 0) is 17.5 Å². The van der Waals surface area contributed by atoms with Gasteiger partial charge in [-0.15, -0.1) is 0 Å². The molecule has 1 spiro atoms. The monoisotopic (exact) mass is 683 g/mol. The lowest BCUT2D eigenvalue weighted by atomic mass is 9.88. The molecular formula is C29H34IN9O3. The van der Waals surface area contributed by atoms with Gasteiger partial charge in [-0.25, -0.2) is 14.8 Å². The summed E-state index contributed by atoms with van der Waals surface area (Å²) in [5.74, 6) is 0.859. The topological polar surface area (TPSA) is 173 Å². The number of nitrogens with two attached hydrogens (primary N) is 2. The fourth-order valence-corrected chi connectivity index (χ4v) is 5.46. The van der Waals surface area contributed by atoms with Crippen LogP contribution in [0.1, 0.15) is 40.2 Å². The Hall–Kier alpha value is -4.14. The first kappa shape index (κ1) is 29.4. The smallest absolute Gasteiger partial charge is 0.317 e. The Balaban J connectivity index is 1.02. The molecule has 2 aliphatic heterocycles. The minimum absolute atomic E-state index is 0.0140. The summed E-state index contributed by atoms with van der Waals surface area (Å²) in [5, 5.41) is 9.12. The Morgan fingerprint density at radius 1 is 1.00 bits per heavy atom. The molecule has 0 unspecified atom stereocenters. The number of aliphatic imine (C=N–C) groups is 1. The van der Waals surface area contributed by atoms with Crippen LogP contribution in [-0.4, -0.2) is 64.5 Å². The van der Waals surface area contributed by atoms with Gasteiger partial charge in [0, 0.05) is 24.1 Å². The number of nitrogen functional groups attached to an aromatic ring is 2. The van der Waals surface area contributed by atoms with Gasteiger partial charge in [0.2, 0.25) is 0 Å². The van der Waals surface area contributed by atoms with E-state index in [4.69, 9.17) is 16.2 Å². The summed E-state index contributed by atoms with van der Waals surface area (Å²) in [6, 6.07) is 17.9. The number of anilines is 2. The molecule has 0 saturated carbocycles. The predicted molar refractivity (Wildman–Crippen MR) is 169 cm³/mol. The van der Waals surface area contributed by atoms with Gasteiger partial charge in [0.1, 0.15) is 18.2 Å². The Labute approximate surface area is 257 Å². The Bertz CT molecular complexity index is 1440. The Kier molecular flexibility index (Phi) is 9.25. The number of guanidine groups is 1. The molecule has 1 aromatic heterocycles. The SMILES string of the molecule is Nc1nc(N)c(C(=O)NC2=NCC3(CCN(C(=O)NCCc4ccc(OCc5ccccc5)cc4)CC3)N2)nc1CI. The number of piperidine rings is 1. The molecule has 0 radical (unpaired) electrons. The number of hydrogen-bond donors (Lipinski definition) is 5. The molecule has 2 aromatic carbocycles. The summed E-state index contributed by atoms with van der Waals surface area (Å²) in [6.07, 6.45) is 2.14. The average Bonchev–Trinajstić information content (AvgIpc) is 3.38. The number of ether oxygens (including phenoxy) is 1. The maximum absolute atomic E-state index is 12.8. The number of halogens is 1. The number of alkyl halides is 1. The number of nitrogens with one attached hydrogen (secondary N) is 3. The first-order chi connectivity index (χ1) is 20.3. The fourth-order valence-electron chi connectivity index (χ4n) is 4.90. The molecule has 3 amide bonds. The lowest BCUT2D eigenvalue weighted by molar-refractivity contribution is 0.0971. The van der Waals surface area contributed by atoms with E-state index in [0.29, 0.717) is 61.7 Å².